The maximum atomic E-state index is 9.02. The minimum absolute atomic E-state index is 0.264. The van der Waals surface area contributed by atoms with Crippen molar-refractivity contribution in [3.63, 3.8) is 0 Å². The Kier molecular flexibility index (Phi) is 4.70. The van der Waals surface area contributed by atoms with E-state index in [2.05, 4.69) is 11.8 Å². The van der Waals surface area contributed by atoms with Gasteiger partial charge in [0.1, 0.15) is 0 Å². The Morgan fingerprint density at radius 3 is 2.85 bits per heavy atom. The molecule has 0 aromatic carbocycles. The van der Waals surface area contributed by atoms with Gasteiger partial charge in [-0.15, -0.1) is 0 Å². The van der Waals surface area contributed by atoms with Gasteiger partial charge in [0, 0.05) is 26.3 Å². The average Bonchev–Trinajstić information content (AvgIpc) is 2.18. The highest BCUT2D eigenvalue weighted by molar-refractivity contribution is 4.73. The van der Waals surface area contributed by atoms with E-state index in [4.69, 9.17) is 10.2 Å². The SMILES string of the molecule is CC(CO)CN1CCCC(CO)C1. The van der Waals surface area contributed by atoms with Gasteiger partial charge in [0.25, 0.3) is 0 Å². The summed E-state index contributed by atoms with van der Waals surface area (Å²) in [4.78, 5) is 2.35. The fourth-order valence-corrected chi connectivity index (χ4v) is 1.96. The number of hydrogen-bond donors (Lipinski definition) is 2. The Bertz CT molecular complexity index is 139. The first-order chi connectivity index (χ1) is 6.26. The van der Waals surface area contributed by atoms with Crippen LogP contribution in [0.5, 0.6) is 0 Å². The highest BCUT2D eigenvalue weighted by Gasteiger charge is 2.19. The molecule has 13 heavy (non-hydrogen) atoms. The van der Waals surface area contributed by atoms with Gasteiger partial charge in [-0.25, -0.2) is 0 Å². The molecule has 2 atom stereocenters. The van der Waals surface area contributed by atoms with Crippen LogP contribution in [-0.2, 0) is 0 Å². The van der Waals surface area contributed by atoms with Crippen molar-refractivity contribution in [2.75, 3.05) is 32.8 Å². The minimum atomic E-state index is 0.264. The molecule has 1 fully saturated rings. The number of piperidine rings is 1. The Hall–Kier alpha value is -0.120. The number of likely N-dealkylation sites (tertiary alicyclic amines) is 1. The molecule has 2 N–H and O–H groups in total. The highest BCUT2D eigenvalue weighted by Crippen LogP contribution is 2.16. The predicted octanol–water partition coefficient (Wildman–Crippen LogP) is 0.319. The molecule has 3 nitrogen and oxygen atoms in total. The lowest BCUT2D eigenvalue weighted by atomic mass is 9.98. The molecule has 3 heteroatoms. The second kappa shape index (κ2) is 5.58. The van der Waals surface area contributed by atoms with Crippen LogP contribution in [0.3, 0.4) is 0 Å². The van der Waals surface area contributed by atoms with Crippen LogP contribution in [0.4, 0.5) is 0 Å². The molecule has 1 rings (SSSR count). The summed E-state index contributed by atoms with van der Waals surface area (Å²) in [5.74, 6) is 0.817. The molecular weight excluding hydrogens is 166 g/mol. The van der Waals surface area contributed by atoms with Crippen molar-refractivity contribution >= 4 is 0 Å². The van der Waals surface area contributed by atoms with Crippen molar-refractivity contribution < 1.29 is 10.2 Å². The third-order valence-electron chi connectivity index (χ3n) is 2.74. The molecule has 0 aromatic rings. The molecule has 78 valence electrons. The Labute approximate surface area is 80.4 Å². The third kappa shape index (κ3) is 3.63. The van der Waals surface area contributed by atoms with Crippen molar-refractivity contribution in [2.24, 2.45) is 11.8 Å². The smallest absolute Gasteiger partial charge is 0.0471 e. The summed E-state index contributed by atoms with van der Waals surface area (Å²) in [6.07, 6.45) is 2.34. The van der Waals surface area contributed by atoms with Gasteiger partial charge >= 0.3 is 0 Å². The molecule has 0 saturated carbocycles. The second-order valence-electron chi connectivity index (χ2n) is 4.24. The summed E-state index contributed by atoms with van der Waals surface area (Å²) in [5.41, 5.74) is 0. The van der Waals surface area contributed by atoms with Crippen molar-refractivity contribution in [3.05, 3.63) is 0 Å². The van der Waals surface area contributed by atoms with Crippen LogP contribution >= 0.6 is 0 Å². The summed E-state index contributed by atoms with van der Waals surface area (Å²) >= 11 is 0. The fourth-order valence-electron chi connectivity index (χ4n) is 1.96. The van der Waals surface area contributed by atoms with Crippen LogP contribution in [0.15, 0.2) is 0 Å². The van der Waals surface area contributed by atoms with Crippen molar-refractivity contribution in [3.8, 4) is 0 Å². The molecule has 0 bridgehead atoms. The summed E-state index contributed by atoms with van der Waals surface area (Å²) in [5, 5.41) is 17.9. The lowest BCUT2D eigenvalue weighted by Crippen LogP contribution is -2.39. The van der Waals surface area contributed by atoms with Gasteiger partial charge in [-0.1, -0.05) is 6.92 Å². The lowest BCUT2D eigenvalue weighted by molar-refractivity contribution is 0.0974. The quantitative estimate of drug-likeness (QED) is 0.666. The Morgan fingerprint density at radius 1 is 1.46 bits per heavy atom. The fraction of sp³-hybridized carbons (Fsp3) is 1.00. The van der Waals surface area contributed by atoms with Gasteiger partial charge in [0.05, 0.1) is 0 Å². The van der Waals surface area contributed by atoms with Gasteiger partial charge in [0.2, 0.25) is 0 Å². The first-order valence-electron chi connectivity index (χ1n) is 5.20. The zero-order valence-corrected chi connectivity index (χ0v) is 8.45. The number of aliphatic hydroxyl groups excluding tert-OH is 2. The van der Waals surface area contributed by atoms with Crippen molar-refractivity contribution in [1.29, 1.82) is 0 Å². The highest BCUT2D eigenvalue weighted by atomic mass is 16.3. The topological polar surface area (TPSA) is 43.7 Å². The number of aliphatic hydroxyl groups is 2. The van der Waals surface area contributed by atoms with E-state index in [0.717, 1.165) is 26.1 Å². The second-order valence-corrected chi connectivity index (χ2v) is 4.24. The van der Waals surface area contributed by atoms with Crippen LogP contribution in [0.1, 0.15) is 19.8 Å². The summed E-state index contributed by atoms with van der Waals surface area (Å²) in [7, 11) is 0. The standard InChI is InChI=1S/C10H21NO2/c1-9(7-12)5-11-4-2-3-10(6-11)8-13/h9-10,12-13H,2-8H2,1H3. The lowest BCUT2D eigenvalue weighted by Gasteiger charge is -2.33. The zero-order valence-electron chi connectivity index (χ0n) is 8.45. The van der Waals surface area contributed by atoms with Crippen LogP contribution in [-0.4, -0.2) is 48.0 Å². The summed E-state index contributed by atoms with van der Waals surface area (Å²) < 4.78 is 0. The maximum Gasteiger partial charge on any atom is 0.0471 e. The number of hydrogen-bond acceptors (Lipinski definition) is 3. The first kappa shape index (κ1) is 11.0. The van der Waals surface area contributed by atoms with E-state index in [9.17, 15) is 0 Å². The van der Waals surface area contributed by atoms with Crippen LogP contribution in [0.25, 0.3) is 0 Å². The predicted molar refractivity (Wildman–Crippen MR) is 52.5 cm³/mol. The van der Waals surface area contributed by atoms with Gasteiger partial charge < -0.3 is 15.1 Å². The van der Waals surface area contributed by atoms with Crippen molar-refractivity contribution in [1.82, 2.24) is 4.90 Å². The molecule has 0 spiro atoms. The minimum Gasteiger partial charge on any atom is -0.396 e. The van der Waals surface area contributed by atoms with E-state index < -0.39 is 0 Å². The molecule has 0 amide bonds. The van der Waals surface area contributed by atoms with E-state index in [1.54, 1.807) is 0 Å². The number of rotatable bonds is 4. The average molecular weight is 187 g/mol. The molecule has 1 aliphatic heterocycles. The van der Waals surface area contributed by atoms with Gasteiger partial charge in [0.15, 0.2) is 0 Å². The molecule has 0 aliphatic carbocycles. The van der Waals surface area contributed by atoms with Crippen LogP contribution in [0, 0.1) is 11.8 Å². The molecule has 0 radical (unpaired) electrons. The maximum absolute atomic E-state index is 9.02. The zero-order chi connectivity index (χ0) is 9.68. The Morgan fingerprint density at radius 2 is 2.23 bits per heavy atom. The van der Waals surface area contributed by atoms with Crippen LogP contribution in [0.2, 0.25) is 0 Å². The van der Waals surface area contributed by atoms with Crippen LogP contribution < -0.4 is 0 Å². The molecule has 2 unspecified atom stereocenters. The van der Waals surface area contributed by atoms with Gasteiger partial charge in [-0.3, -0.25) is 0 Å². The molecule has 1 aliphatic rings. The number of nitrogens with zero attached hydrogens (tertiary/aromatic N) is 1. The summed E-state index contributed by atoms with van der Waals surface area (Å²) in [6, 6.07) is 0. The molecule has 0 aromatic heterocycles. The largest absolute Gasteiger partial charge is 0.396 e. The molecular formula is C10H21NO2. The molecule has 1 heterocycles. The molecule has 1 saturated heterocycles. The van der Waals surface area contributed by atoms with E-state index in [0.29, 0.717) is 18.4 Å². The monoisotopic (exact) mass is 187 g/mol. The van der Waals surface area contributed by atoms with E-state index in [-0.39, 0.29) is 6.61 Å². The van der Waals surface area contributed by atoms with E-state index in [1.165, 1.54) is 6.42 Å². The van der Waals surface area contributed by atoms with Crippen molar-refractivity contribution in [2.45, 2.75) is 19.8 Å². The van der Waals surface area contributed by atoms with E-state index >= 15 is 0 Å². The van der Waals surface area contributed by atoms with E-state index in [1.807, 2.05) is 0 Å². The summed E-state index contributed by atoms with van der Waals surface area (Å²) in [6.45, 7) is 5.72. The first-order valence-corrected chi connectivity index (χ1v) is 5.20. The Balaban J connectivity index is 2.25. The normalized spacial score (nSPS) is 27.5. The van der Waals surface area contributed by atoms with Gasteiger partial charge in [-0.05, 0) is 31.2 Å². The van der Waals surface area contributed by atoms with Gasteiger partial charge in [-0.2, -0.15) is 0 Å². The third-order valence-corrected chi connectivity index (χ3v) is 2.74.